The zero-order valence-electron chi connectivity index (χ0n) is 10.7. The van der Waals surface area contributed by atoms with Crippen LogP contribution in [0.3, 0.4) is 0 Å². The van der Waals surface area contributed by atoms with Crippen molar-refractivity contribution in [1.82, 2.24) is 4.98 Å². The molecule has 0 aliphatic carbocycles. The van der Waals surface area contributed by atoms with Crippen molar-refractivity contribution in [2.24, 2.45) is 0 Å². The van der Waals surface area contributed by atoms with Gasteiger partial charge in [-0.25, -0.2) is 4.98 Å². The summed E-state index contributed by atoms with van der Waals surface area (Å²) in [6, 6.07) is 12.5. The minimum Gasteiger partial charge on any atom is -0.451 e. The van der Waals surface area contributed by atoms with Gasteiger partial charge in [-0.05, 0) is 37.3 Å². The molecule has 0 radical (unpaired) electrons. The molecule has 0 aliphatic rings. The summed E-state index contributed by atoms with van der Waals surface area (Å²) in [6.45, 7) is 1.99. The zero-order chi connectivity index (χ0) is 14.1. The minimum atomic E-state index is -0.353. The number of hydrogen-bond acceptors (Lipinski definition) is 3. The molecule has 100 valence electrons. The van der Waals surface area contributed by atoms with Gasteiger partial charge >= 0.3 is 0 Å². The summed E-state index contributed by atoms with van der Waals surface area (Å²) in [5.41, 5.74) is 1.79. The van der Waals surface area contributed by atoms with Gasteiger partial charge in [-0.3, -0.25) is 4.79 Å². The second-order valence-electron chi connectivity index (χ2n) is 4.45. The van der Waals surface area contributed by atoms with Crippen LogP contribution in [0.15, 0.2) is 46.9 Å². The molecule has 1 amide bonds. The Morgan fingerprint density at radius 2 is 2.10 bits per heavy atom. The molecule has 0 spiro atoms. The van der Waals surface area contributed by atoms with Crippen molar-refractivity contribution in [1.29, 1.82) is 0 Å². The Kier molecular flexibility index (Phi) is 3.16. The van der Waals surface area contributed by atoms with E-state index in [9.17, 15) is 4.79 Å². The minimum absolute atomic E-state index is 0.243. The molecule has 1 aromatic carbocycles. The van der Waals surface area contributed by atoms with Crippen molar-refractivity contribution in [2.75, 3.05) is 5.32 Å². The van der Waals surface area contributed by atoms with Gasteiger partial charge < -0.3 is 9.73 Å². The largest absolute Gasteiger partial charge is 0.451 e. The Morgan fingerprint density at radius 3 is 2.90 bits per heavy atom. The lowest BCUT2D eigenvalue weighted by atomic mass is 10.2. The maximum atomic E-state index is 12.1. The second-order valence-corrected chi connectivity index (χ2v) is 4.84. The number of nitrogens with one attached hydrogen (secondary N) is 1. The Labute approximate surface area is 120 Å². The smallest absolute Gasteiger partial charge is 0.292 e. The van der Waals surface area contributed by atoms with Crippen LogP contribution in [0.2, 0.25) is 5.15 Å². The van der Waals surface area contributed by atoms with E-state index in [4.69, 9.17) is 16.0 Å². The fourth-order valence-electron chi connectivity index (χ4n) is 1.93. The summed E-state index contributed by atoms with van der Waals surface area (Å²) in [5.74, 6) is 0.278. The summed E-state index contributed by atoms with van der Waals surface area (Å²) in [5, 5.41) is 3.87. The number of rotatable bonds is 2. The van der Waals surface area contributed by atoms with Crippen molar-refractivity contribution in [3.05, 3.63) is 58.9 Å². The SMILES string of the molecule is Cc1ccc2oc(C(=O)Nc3cccc(Cl)n3)cc2c1. The van der Waals surface area contributed by atoms with Gasteiger partial charge in [-0.1, -0.05) is 29.3 Å². The fourth-order valence-corrected chi connectivity index (χ4v) is 2.09. The zero-order valence-corrected chi connectivity index (χ0v) is 11.4. The Bertz CT molecular complexity index is 795. The van der Waals surface area contributed by atoms with E-state index in [0.29, 0.717) is 16.6 Å². The average Bonchev–Trinajstić information content (AvgIpc) is 2.81. The number of aromatic nitrogens is 1. The lowest BCUT2D eigenvalue weighted by Crippen LogP contribution is -2.11. The van der Waals surface area contributed by atoms with E-state index < -0.39 is 0 Å². The highest BCUT2D eigenvalue weighted by molar-refractivity contribution is 6.29. The predicted molar refractivity (Wildman–Crippen MR) is 78.2 cm³/mol. The number of amides is 1. The molecule has 0 saturated carbocycles. The number of nitrogens with zero attached hydrogens (tertiary/aromatic N) is 1. The topological polar surface area (TPSA) is 55.1 Å². The van der Waals surface area contributed by atoms with E-state index in [0.717, 1.165) is 10.9 Å². The van der Waals surface area contributed by atoms with E-state index in [1.165, 1.54) is 0 Å². The molecule has 4 nitrogen and oxygen atoms in total. The van der Waals surface area contributed by atoms with Gasteiger partial charge in [0.1, 0.15) is 16.6 Å². The van der Waals surface area contributed by atoms with E-state index in [1.54, 1.807) is 24.3 Å². The number of halogens is 1. The monoisotopic (exact) mass is 286 g/mol. The van der Waals surface area contributed by atoms with Gasteiger partial charge in [0.05, 0.1) is 0 Å². The number of hydrogen-bond donors (Lipinski definition) is 1. The summed E-state index contributed by atoms with van der Waals surface area (Å²) >= 11 is 5.77. The highest BCUT2D eigenvalue weighted by Crippen LogP contribution is 2.21. The van der Waals surface area contributed by atoms with Crippen LogP contribution in [0, 0.1) is 6.92 Å². The van der Waals surface area contributed by atoms with Gasteiger partial charge in [0.25, 0.3) is 5.91 Å². The molecule has 0 bridgehead atoms. The first-order valence-corrected chi connectivity index (χ1v) is 6.44. The van der Waals surface area contributed by atoms with Gasteiger partial charge in [0.2, 0.25) is 0 Å². The summed E-state index contributed by atoms with van der Waals surface area (Å²) < 4.78 is 5.51. The Balaban J connectivity index is 1.88. The summed E-state index contributed by atoms with van der Waals surface area (Å²) in [6.07, 6.45) is 0. The molecule has 2 heterocycles. The van der Waals surface area contributed by atoms with Crippen LogP contribution in [0.4, 0.5) is 5.82 Å². The highest BCUT2D eigenvalue weighted by Gasteiger charge is 2.13. The number of aryl methyl sites for hydroxylation is 1. The van der Waals surface area contributed by atoms with E-state index in [-0.39, 0.29) is 11.7 Å². The molecule has 0 fully saturated rings. The van der Waals surface area contributed by atoms with E-state index in [1.807, 2.05) is 25.1 Å². The van der Waals surface area contributed by atoms with Gasteiger partial charge in [-0.15, -0.1) is 0 Å². The number of fused-ring (bicyclic) bond motifs is 1. The molecule has 5 heteroatoms. The van der Waals surface area contributed by atoms with Crippen molar-refractivity contribution >= 4 is 34.3 Å². The number of carbonyl (C=O) groups is 1. The van der Waals surface area contributed by atoms with Crippen LogP contribution in [0.5, 0.6) is 0 Å². The Hall–Kier alpha value is -2.33. The molecular weight excluding hydrogens is 276 g/mol. The first-order valence-electron chi connectivity index (χ1n) is 6.06. The van der Waals surface area contributed by atoms with E-state index >= 15 is 0 Å². The maximum Gasteiger partial charge on any atom is 0.292 e. The average molecular weight is 287 g/mol. The third-order valence-electron chi connectivity index (χ3n) is 2.85. The van der Waals surface area contributed by atoms with Gasteiger partial charge in [0, 0.05) is 5.39 Å². The molecule has 0 unspecified atom stereocenters. The highest BCUT2D eigenvalue weighted by atomic mass is 35.5. The van der Waals surface area contributed by atoms with Crippen LogP contribution in [-0.4, -0.2) is 10.9 Å². The third kappa shape index (κ3) is 2.51. The maximum absolute atomic E-state index is 12.1. The van der Waals surface area contributed by atoms with Crippen molar-refractivity contribution in [3.8, 4) is 0 Å². The molecular formula is C15H11ClN2O2. The van der Waals surface area contributed by atoms with Crippen molar-refractivity contribution in [2.45, 2.75) is 6.92 Å². The molecule has 3 rings (SSSR count). The number of benzene rings is 1. The van der Waals surface area contributed by atoms with Crippen molar-refractivity contribution < 1.29 is 9.21 Å². The number of pyridine rings is 1. The van der Waals surface area contributed by atoms with Crippen molar-refractivity contribution in [3.63, 3.8) is 0 Å². The molecule has 1 N–H and O–H groups in total. The van der Waals surface area contributed by atoms with Gasteiger partial charge in [-0.2, -0.15) is 0 Å². The fraction of sp³-hybridized carbons (Fsp3) is 0.0667. The number of furan rings is 1. The third-order valence-corrected chi connectivity index (χ3v) is 3.06. The van der Waals surface area contributed by atoms with Crippen LogP contribution >= 0.6 is 11.6 Å². The molecule has 0 aliphatic heterocycles. The number of carbonyl (C=O) groups excluding carboxylic acids is 1. The van der Waals surface area contributed by atoms with Crippen LogP contribution in [0.25, 0.3) is 11.0 Å². The van der Waals surface area contributed by atoms with Crippen LogP contribution in [-0.2, 0) is 0 Å². The first kappa shape index (κ1) is 12.7. The summed E-state index contributed by atoms with van der Waals surface area (Å²) in [4.78, 5) is 16.1. The molecule has 2 aromatic heterocycles. The number of anilines is 1. The second kappa shape index (κ2) is 4.98. The van der Waals surface area contributed by atoms with Gasteiger partial charge in [0.15, 0.2) is 5.76 Å². The van der Waals surface area contributed by atoms with Crippen LogP contribution < -0.4 is 5.32 Å². The van der Waals surface area contributed by atoms with E-state index in [2.05, 4.69) is 10.3 Å². The molecule has 3 aromatic rings. The Morgan fingerprint density at radius 1 is 1.25 bits per heavy atom. The molecule has 0 saturated heterocycles. The quantitative estimate of drug-likeness (QED) is 0.723. The predicted octanol–water partition coefficient (Wildman–Crippen LogP) is 4.04. The molecule has 0 atom stereocenters. The lowest BCUT2D eigenvalue weighted by Gasteiger charge is -2.01. The normalized spacial score (nSPS) is 10.7. The molecule has 20 heavy (non-hydrogen) atoms. The van der Waals surface area contributed by atoms with Crippen LogP contribution in [0.1, 0.15) is 16.1 Å². The summed E-state index contributed by atoms with van der Waals surface area (Å²) in [7, 11) is 0. The first-order chi connectivity index (χ1) is 9.61. The standard InChI is InChI=1S/C15H11ClN2O2/c1-9-5-6-11-10(7-9)8-12(20-11)15(19)18-14-4-2-3-13(16)17-14/h2-8H,1H3,(H,17,18,19). The lowest BCUT2D eigenvalue weighted by molar-refractivity contribution is 0.0998.